The number of unbranched alkanes of at least 4 members (excludes halogenated alkanes) is 4. The normalized spacial score (nSPS) is 23.2. The van der Waals surface area contributed by atoms with Gasteiger partial charge < -0.3 is 15.4 Å². The number of rotatable bonds is 16. The fourth-order valence-electron chi connectivity index (χ4n) is 4.73. The fraction of sp³-hybridized carbons (Fsp3) is 0.667. The minimum absolute atomic E-state index is 0.133. The van der Waals surface area contributed by atoms with E-state index in [0.717, 1.165) is 31.4 Å². The highest BCUT2D eigenvalue weighted by Crippen LogP contribution is 2.21. The van der Waals surface area contributed by atoms with Crippen LogP contribution in [0.5, 0.6) is 0 Å². The lowest BCUT2D eigenvalue weighted by Gasteiger charge is -2.29. The topological polar surface area (TPSA) is 126 Å². The molecule has 2 N–H and O–H groups in total. The highest BCUT2D eigenvalue weighted by Gasteiger charge is 2.37. The Morgan fingerprint density at radius 3 is 2.43 bits per heavy atom. The van der Waals surface area contributed by atoms with Crippen LogP contribution < -0.4 is 10.6 Å². The van der Waals surface area contributed by atoms with E-state index >= 15 is 0 Å². The van der Waals surface area contributed by atoms with Crippen molar-refractivity contribution in [2.45, 2.75) is 143 Å². The number of nitrogens with one attached hydrogen (secondary N) is 2. The number of carbonyl (C=O) groups excluding carboxylic acids is 4. The van der Waals surface area contributed by atoms with Crippen LogP contribution in [0, 0.1) is 5.92 Å². The molecular formula is C36H58N4O5S. The average Bonchev–Trinajstić information content (AvgIpc) is 3.02. The number of esters is 1. The number of carbonyl (C=O) groups is 4. The molecule has 9 nitrogen and oxygen atoms in total. The molecule has 2 amide bonds. The Morgan fingerprint density at radius 2 is 1.83 bits per heavy atom. The van der Waals surface area contributed by atoms with E-state index in [2.05, 4.69) is 24.1 Å². The maximum Gasteiger partial charge on any atom is 0.329 e. The van der Waals surface area contributed by atoms with Gasteiger partial charge in [-0.3, -0.25) is 24.4 Å². The Hall–Kier alpha value is -3.01. The predicted octanol–water partition coefficient (Wildman–Crippen LogP) is 7.41. The summed E-state index contributed by atoms with van der Waals surface area (Å²) in [7, 11) is 0. The first-order valence-electron chi connectivity index (χ1n) is 17.1. The Kier molecular flexibility index (Phi) is 20.1. The third kappa shape index (κ3) is 15.1. The Labute approximate surface area is 281 Å². The fourth-order valence-corrected chi connectivity index (χ4v) is 5.50. The molecular weight excluding hydrogens is 600 g/mol. The lowest BCUT2D eigenvalue weighted by Crippen LogP contribution is -2.53. The van der Waals surface area contributed by atoms with Crippen LogP contribution in [0.1, 0.15) is 126 Å². The molecule has 0 aliphatic carbocycles. The monoisotopic (exact) mass is 658 g/mol. The van der Waals surface area contributed by atoms with Crippen LogP contribution >= 0.6 is 11.8 Å². The van der Waals surface area contributed by atoms with Crippen LogP contribution in [0.4, 0.5) is 0 Å². The number of allylic oxidation sites excluding steroid dienone is 2. The van der Waals surface area contributed by atoms with Gasteiger partial charge in [0, 0.05) is 18.4 Å². The lowest BCUT2D eigenvalue weighted by molar-refractivity contribution is -0.153. The number of amides is 2. The van der Waals surface area contributed by atoms with Gasteiger partial charge >= 0.3 is 5.97 Å². The van der Waals surface area contributed by atoms with Gasteiger partial charge in [-0.25, -0.2) is 4.79 Å². The van der Waals surface area contributed by atoms with Crippen molar-refractivity contribution in [3.63, 3.8) is 0 Å². The van der Waals surface area contributed by atoms with Gasteiger partial charge in [-0.05, 0) is 57.1 Å². The van der Waals surface area contributed by atoms with Gasteiger partial charge in [-0.15, -0.1) is 0 Å². The van der Waals surface area contributed by atoms with Crippen molar-refractivity contribution >= 4 is 46.1 Å². The minimum atomic E-state index is -1.14. The minimum Gasteiger partial charge on any atom is -0.456 e. The van der Waals surface area contributed by atoms with Gasteiger partial charge in [0.15, 0.2) is 5.12 Å². The van der Waals surface area contributed by atoms with Crippen molar-refractivity contribution in [2.75, 3.05) is 5.75 Å². The average molecular weight is 659 g/mol. The molecule has 0 radical (unpaired) electrons. The molecule has 3 unspecified atom stereocenters. The Bertz CT molecular complexity index is 1140. The zero-order valence-corrected chi connectivity index (χ0v) is 30.1. The second kappa shape index (κ2) is 22.5. The molecule has 1 heterocycles. The molecule has 0 saturated carbocycles. The summed E-state index contributed by atoms with van der Waals surface area (Å²) in [5.41, 5.74) is 0.718. The van der Waals surface area contributed by atoms with Crippen molar-refractivity contribution < 1.29 is 23.9 Å². The molecule has 1 aliphatic heterocycles. The van der Waals surface area contributed by atoms with Crippen molar-refractivity contribution in [1.82, 2.24) is 10.6 Å². The van der Waals surface area contributed by atoms with Crippen LogP contribution in [0.2, 0.25) is 0 Å². The van der Waals surface area contributed by atoms with E-state index in [9.17, 15) is 19.2 Å². The highest BCUT2D eigenvalue weighted by atomic mass is 32.2. The summed E-state index contributed by atoms with van der Waals surface area (Å²) < 4.78 is 5.82. The molecule has 0 bridgehead atoms. The largest absolute Gasteiger partial charge is 0.456 e. The number of cyclic esters (lactones) is 1. The smallest absolute Gasteiger partial charge is 0.329 e. The second-order valence-electron chi connectivity index (χ2n) is 12.2. The summed E-state index contributed by atoms with van der Waals surface area (Å²) >= 11 is 1.30. The van der Waals surface area contributed by atoms with Gasteiger partial charge in [0.2, 0.25) is 11.8 Å². The second-order valence-corrected chi connectivity index (χ2v) is 13.3. The van der Waals surface area contributed by atoms with Gasteiger partial charge in [-0.1, -0.05) is 98.1 Å². The van der Waals surface area contributed by atoms with E-state index in [-0.39, 0.29) is 29.3 Å². The number of ether oxygens (including phenoxy) is 1. The first-order valence-corrected chi connectivity index (χ1v) is 18.0. The number of nitrogens with zero attached hydrogens (tertiary/aromatic N) is 2. The maximum atomic E-state index is 13.7. The van der Waals surface area contributed by atoms with Crippen LogP contribution in [-0.4, -0.2) is 57.8 Å². The molecule has 0 aromatic rings. The summed E-state index contributed by atoms with van der Waals surface area (Å²) in [6, 6.07) is -0.938. The van der Waals surface area contributed by atoms with Gasteiger partial charge in [-0.2, -0.15) is 0 Å². The molecule has 1 rings (SSSR count). The SMILES string of the molecule is C=C/C1=C/NC(=O)CC(C=CCCSC(=O)CCCCCCC)OC(=O)C(C(C)C)NC(=O)C(C)(CC)N=C(CC)C(CCC)=N1. The number of hydrogen-bond acceptors (Lipinski definition) is 8. The van der Waals surface area contributed by atoms with Crippen LogP contribution in [0.25, 0.3) is 0 Å². The van der Waals surface area contributed by atoms with E-state index in [1.54, 1.807) is 19.1 Å². The first kappa shape index (κ1) is 41.0. The van der Waals surface area contributed by atoms with Crippen molar-refractivity contribution in [3.8, 4) is 0 Å². The number of aliphatic imine (C=N–C) groups is 2. The van der Waals surface area contributed by atoms with Crippen molar-refractivity contribution in [3.05, 3.63) is 36.7 Å². The molecule has 46 heavy (non-hydrogen) atoms. The van der Waals surface area contributed by atoms with Crippen molar-refractivity contribution in [2.24, 2.45) is 15.9 Å². The van der Waals surface area contributed by atoms with E-state index in [1.165, 1.54) is 30.8 Å². The van der Waals surface area contributed by atoms with E-state index in [1.807, 2.05) is 40.7 Å². The van der Waals surface area contributed by atoms with Crippen LogP contribution in [0.3, 0.4) is 0 Å². The molecule has 0 aromatic heterocycles. The third-order valence-electron chi connectivity index (χ3n) is 7.81. The van der Waals surface area contributed by atoms with E-state index < -0.39 is 23.7 Å². The highest BCUT2D eigenvalue weighted by molar-refractivity contribution is 8.13. The number of thioether (sulfide) groups is 1. The van der Waals surface area contributed by atoms with Crippen molar-refractivity contribution in [1.29, 1.82) is 0 Å². The van der Waals surface area contributed by atoms with E-state index in [0.29, 0.717) is 49.3 Å². The lowest BCUT2D eigenvalue weighted by atomic mass is 9.95. The molecule has 0 fully saturated rings. The Morgan fingerprint density at radius 1 is 1.11 bits per heavy atom. The maximum absolute atomic E-state index is 13.7. The summed E-state index contributed by atoms with van der Waals surface area (Å²) in [5, 5.41) is 5.84. The summed E-state index contributed by atoms with van der Waals surface area (Å²) in [4.78, 5) is 62.1. The van der Waals surface area contributed by atoms with Crippen LogP contribution in [0.15, 0.2) is 46.7 Å². The summed E-state index contributed by atoms with van der Waals surface area (Å²) in [6.45, 7) is 17.3. The molecule has 1 aliphatic rings. The molecule has 0 spiro atoms. The first-order chi connectivity index (χ1) is 21.9. The zero-order chi connectivity index (χ0) is 34.5. The predicted molar refractivity (Wildman–Crippen MR) is 191 cm³/mol. The van der Waals surface area contributed by atoms with Gasteiger partial charge in [0.25, 0.3) is 0 Å². The summed E-state index contributed by atoms with van der Waals surface area (Å²) in [5.74, 6) is -1.05. The van der Waals surface area contributed by atoms with Gasteiger partial charge in [0.05, 0.1) is 23.5 Å². The molecule has 258 valence electrons. The molecule has 10 heteroatoms. The standard InChI is InChI=1S/C36H58N4O5S/c1-9-14-15-16-17-22-32(42)46-23-19-18-21-28-24-31(41)37-25-27(11-3)38-30(20-10-2)29(12-4)40-36(8,13-5)35(44)39-33(26(6)7)34(43)45-28/h11,18,21,25-26,28,33H,3,9-10,12-17,19-20,22-24H2,1-2,4-8H3,(H,37,41)(H,39,44)/b21-18?,27-25-,38-30?,40-29?. The molecule has 3 atom stereocenters. The van der Waals surface area contributed by atoms with E-state index in [4.69, 9.17) is 14.7 Å². The summed E-state index contributed by atoms with van der Waals surface area (Å²) in [6.07, 6.45) is 14.6. The number of hydrogen-bond donors (Lipinski definition) is 2. The zero-order valence-electron chi connectivity index (χ0n) is 29.3. The molecule has 0 aromatic carbocycles. The molecule has 0 saturated heterocycles. The third-order valence-corrected chi connectivity index (χ3v) is 8.78. The van der Waals surface area contributed by atoms with Crippen LogP contribution in [-0.2, 0) is 23.9 Å². The quantitative estimate of drug-likeness (QED) is 0.101. The Balaban J connectivity index is 3.30. The van der Waals surface area contributed by atoms with Gasteiger partial charge in [0.1, 0.15) is 17.7 Å².